The molecule has 0 spiro atoms. The first-order valence-electron chi connectivity index (χ1n) is 7.11. The average molecular weight is 313 g/mol. The molecule has 0 fully saturated rings. The van der Waals surface area contributed by atoms with Gasteiger partial charge in [0.2, 0.25) is 0 Å². The maximum atomic E-state index is 5.78. The smallest absolute Gasteiger partial charge is 0.186 e. The minimum absolute atomic E-state index is 0.509. The fraction of sp³-hybridized carbons (Fsp3) is 0.176. The van der Waals surface area contributed by atoms with Crippen LogP contribution in [0.2, 0.25) is 0 Å². The summed E-state index contributed by atoms with van der Waals surface area (Å²) in [6, 6.07) is 17.8. The number of hydrogen-bond acceptors (Lipinski definition) is 3. The Labute approximate surface area is 136 Å². The quantitative estimate of drug-likeness (QED) is 0.489. The van der Waals surface area contributed by atoms with Crippen LogP contribution in [0.4, 0.5) is 0 Å². The van der Waals surface area contributed by atoms with Crippen LogP contribution in [0.25, 0.3) is 0 Å². The van der Waals surface area contributed by atoms with Gasteiger partial charge in [-0.2, -0.15) is 5.10 Å². The van der Waals surface area contributed by atoms with Crippen LogP contribution >= 0.6 is 12.2 Å². The van der Waals surface area contributed by atoms with Crippen molar-refractivity contribution in [2.24, 2.45) is 5.10 Å². The SMILES string of the molecule is CCNC(=S)NN=Cc1cccc(OCc2ccccc2)c1. The van der Waals surface area contributed by atoms with Crippen LogP contribution in [0.3, 0.4) is 0 Å². The molecule has 0 radical (unpaired) electrons. The first-order valence-corrected chi connectivity index (χ1v) is 7.52. The molecule has 22 heavy (non-hydrogen) atoms. The van der Waals surface area contributed by atoms with Gasteiger partial charge in [-0.25, -0.2) is 0 Å². The normalized spacial score (nSPS) is 10.4. The second-order valence-corrected chi connectivity index (χ2v) is 4.98. The van der Waals surface area contributed by atoms with E-state index in [4.69, 9.17) is 17.0 Å². The number of ether oxygens (including phenoxy) is 1. The molecule has 2 rings (SSSR count). The van der Waals surface area contributed by atoms with Crippen LogP contribution in [-0.2, 0) is 6.61 Å². The van der Waals surface area contributed by atoms with Gasteiger partial charge in [-0.15, -0.1) is 0 Å². The Balaban J connectivity index is 1.89. The molecule has 2 N–H and O–H groups in total. The monoisotopic (exact) mass is 313 g/mol. The third-order valence-electron chi connectivity index (χ3n) is 2.82. The lowest BCUT2D eigenvalue weighted by Gasteiger charge is -2.07. The van der Waals surface area contributed by atoms with Gasteiger partial charge in [0, 0.05) is 6.54 Å². The Morgan fingerprint density at radius 3 is 2.77 bits per heavy atom. The molecule has 4 nitrogen and oxygen atoms in total. The Bertz CT molecular complexity index is 629. The highest BCUT2D eigenvalue weighted by molar-refractivity contribution is 7.80. The molecule has 114 valence electrons. The molecule has 0 saturated heterocycles. The summed E-state index contributed by atoms with van der Waals surface area (Å²) in [7, 11) is 0. The number of thiocarbonyl (C=S) groups is 1. The number of benzene rings is 2. The first kappa shape index (κ1) is 16.0. The summed E-state index contributed by atoms with van der Waals surface area (Å²) < 4.78 is 5.78. The van der Waals surface area contributed by atoms with E-state index in [1.54, 1.807) is 6.21 Å². The zero-order valence-corrected chi connectivity index (χ0v) is 13.3. The minimum atomic E-state index is 0.509. The summed E-state index contributed by atoms with van der Waals surface area (Å²) in [5, 5.41) is 7.56. The largest absolute Gasteiger partial charge is 0.489 e. The zero-order valence-electron chi connectivity index (χ0n) is 12.5. The van der Waals surface area contributed by atoms with E-state index in [9.17, 15) is 0 Å². The number of rotatable bonds is 6. The van der Waals surface area contributed by atoms with E-state index >= 15 is 0 Å². The van der Waals surface area contributed by atoms with Crippen molar-refractivity contribution in [1.29, 1.82) is 0 Å². The van der Waals surface area contributed by atoms with E-state index in [1.165, 1.54) is 0 Å². The number of hydrogen-bond donors (Lipinski definition) is 2. The number of hydrazone groups is 1. The van der Waals surface area contributed by atoms with Crippen molar-refractivity contribution in [3.63, 3.8) is 0 Å². The fourth-order valence-corrected chi connectivity index (χ4v) is 1.99. The lowest BCUT2D eigenvalue weighted by molar-refractivity contribution is 0.306. The van der Waals surface area contributed by atoms with Gasteiger partial charge < -0.3 is 10.1 Å². The van der Waals surface area contributed by atoms with Crippen molar-refractivity contribution in [2.75, 3.05) is 6.54 Å². The zero-order chi connectivity index (χ0) is 15.6. The van der Waals surface area contributed by atoms with Crippen LogP contribution in [0.5, 0.6) is 5.75 Å². The second kappa shape index (κ2) is 8.79. The Kier molecular flexibility index (Phi) is 6.39. The molecule has 0 aliphatic heterocycles. The third kappa shape index (κ3) is 5.54. The summed E-state index contributed by atoms with van der Waals surface area (Å²) in [5.41, 5.74) is 4.84. The molecule has 0 amide bonds. The molecular formula is C17H19N3OS. The van der Waals surface area contributed by atoms with Gasteiger partial charge in [0.15, 0.2) is 5.11 Å². The molecular weight excluding hydrogens is 294 g/mol. The molecule has 2 aromatic rings. The summed E-state index contributed by atoms with van der Waals surface area (Å²) in [6.45, 7) is 3.29. The molecule has 0 bridgehead atoms. The summed E-state index contributed by atoms with van der Waals surface area (Å²) in [5.74, 6) is 0.807. The fourth-order valence-electron chi connectivity index (χ4n) is 1.79. The standard InChI is InChI=1S/C17H19N3OS/c1-2-18-17(22)20-19-12-15-9-6-10-16(11-15)21-13-14-7-4-3-5-8-14/h3-12H,2,13H2,1H3,(H2,18,20,22). The molecule has 0 heterocycles. The molecule has 0 atom stereocenters. The topological polar surface area (TPSA) is 45.7 Å². The van der Waals surface area contributed by atoms with E-state index in [0.717, 1.165) is 23.4 Å². The van der Waals surface area contributed by atoms with E-state index in [1.807, 2.05) is 61.5 Å². The van der Waals surface area contributed by atoms with Gasteiger partial charge in [0.1, 0.15) is 12.4 Å². The maximum Gasteiger partial charge on any atom is 0.186 e. The van der Waals surface area contributed by atoms with Crippen molar-refractivity contribution < 1.29 is 4.74 Å². The molecule has 0 aromatic heterocycles. The van der Waals surface area contributed by atoms with Gasteiger partial charge in [0.25, 0.3) is 0 Å². The van der Waals surface area contributed by atoms with Gasteiger partial charge >= 0.3 is 0 Å². The van der Waals surface area contributed by atoms with E-state index in [0.29, 0.717) is 11.7 Å². The third-order valence-corrected chi connectivity index (χ3v) is 3.06. The predicted molar refractivity (Wildman–Crippen MR) is 94.2 cm³/mol. The van der Waals surface area contributed by atoms with Crippen LogP contribution in [-0.4, -0.2) is 17.9 Å². The second-order valence-electron chi connectivity index (χ2n) is 4.58. The number of nitrogens with one attached hydrogen (secondary N) is 2. The Morgan fingerprint density at radius 2 is 2.00 bits per heavy atom. The van der Waals surface area contributed by atoms with Crippen LogP contribution in [0.15, 0.2) is 59.7 Å². The molecule has 0 unspecified atom stereocenters. The van der Waals surface area contributed by atoms with Gasteiger partial charge in [-0.3, -0.25) is 5.43 Å². The molecule has 0 aliphatic rings. The first-order chi connectivity index (χ1) is 10.8. The number of nitrogens with zero attached hydrogens (tertiary/aromatic N) is 1. The Morgan fingerprint density at radius 1 is 1.18 bits per heavy atom. The minimum Gasteiger partial charge on any atom is -0.489 e. The summed E-state index contributed by atoms with van der Waals surface area (Å²) in [4.78, 5) is 0. The van der Waals surface area contributed by atoms with Crippen molar-refractivity contribution in [3.8, 4) is 5.75 Å². The molecule has 0 saturated carbocycles. The van der Waals surface area contributed by atoms with Crippen LogP contribution in [0, 0.1) is 0 Å². The molecule has 0 aliphatic carbocycles. The molecule has 5 heteroatoms. The average Bonchev–Trinajstić information content (AvgIpc) is 2.55. The van der Waals surface area contributed by atoms with Crippen LogP contribution < -0.4 is 15.5 Å². The van der Waals surface area contributed by atoms with Crippen molar-refractivity contribution >= 4 is 23.5 Å². The van der Waals surface area contributed by atoms with Crippen molar-refractivity contribution in [3.05, 3.63) is 65.7 Å². The van der Waals surface area contributed by atoms with Crippen molar-refractivity contribution in [1.82, 2.24) is 10.7 Å². The summed E-state index contributed by atoms with van der Waals surface area (Å²) >= 11 is 5.03. The maximum absolute atomic E-state index is 5.78. The highest BCUT2D eigenvalue weighted by atomic mass is 32.1. The van der Waals surface area contributed by atoms with Gasteiger partial charge in [-0.1, -0.05) is 42.5 Å². The van der Waals surface area contributed by atoms with E-state index in [2.05, 4.69) is 15.8 Å². The molecule has 2 aromatic carbocycles. The summed E-state index contributed by atoms with van der Waals surface area (Å²) in [6.07, 6.45) is 1.71. The lowest BCUT2D eigenvalue weighted by Crippen LogP contribution is -2.31. The van der Waals surface area contributed by atoms with Crippen molar-refractivity contribution in [2.45, 2.75) is 13.5 Å². The highest BCUT2D eigenvalue weighted by Crippen LogP contribution is 2.14. The van der Waals surface area contributed by atoms with Gasteiger partial charge in [0.05, 0.1) is 6.21 Å². The van der Waals surface area contributed by atoms with E-state index in [-0.39, 0.29) is 0 Å². The lowest BCUT2D eigenvalue weighted by atomic mass is 10.2. The predicted octanol–water partition coefficient (Wildman–Crippen LogP) is 3.08. The Hall–Kier alpha value is -2.40. The van der Waals surface area contributed by atoms with E-state index < -0.39 is 0 Å². The highest BCUT2D eigenvalue weighted by Gasteiger charge is 1.97. The van der Waals surface area contributed by atoms with Gasteiger partial charge in [-0.05, 0) is 42.4 Å². The van der Waals surface area contributed by atoms with Crippen LogP contribution in [0.1, 0.15) is 18.1 Å².